The first-order chi connectivity index (χ1) is 8.52. The van der Waals surface area contributed by atoms with E-state index in [1.54, 1.807) is 29.1 Å². The molecule has 1 aromatic heterocycles. The molecule has 1 heterocycles. The smallest absolute Gasteiger partial charge is 0.274 e. The van der Waals surface area contributed by atoms with Crippen molar-refractivity contribution < 1.29 is 4.92 Å². The molecule has 1 atom stereocenters. The lowest BCUT2D eigenvalue weighted by atomic mass is 10.1. The largest absolute Gasteiger partial charge is 0.383 e. The zero-order valence-electron chi connectivity index (χ0n) is 9.58. The van der Waals surface area contributed by atoms with Crippen LogP contribution in [0, 0.1) is 10.1 Å². The Kier molecular flexibility index (Phi) is 3.33. The van der Waals surface area contributed by atoms with Gasteiger partial charge in [0.05, 0.1) is 27.2 Å². The summed E-state index contributed by atoms with van der Waals surface area (Å²) in [5.74, 6) is 0.445. The summed E-state index contributed by atoms with van der Waals surface area (Å²) in [6.45, 7) is 1.82. The van der Waals surface area contributed by atoms with Crippen LogP contribution in [-0.4, -0.2) is 14.7 Å². The van der Waals surface area contributed by atoms with Gasteiger partial charge < -0.3 is 5.73 Å². The Balaban J connectivity index is 2.49. The molecule has 0 saturated carbocycles. The predicted molar refractivity (Wildman–Crippen MR) is 71.2 cm³/mol. The molecule has 94 valence electrons. The predicted octanol–water partition coefficient (Wildman–Crippen LogP) is 2.75. The number of hydrogen-bond acceptors (Lipinski definition) is 4. The summed E-state index contributed by atoms with van der Waals surface area (Å²) in [4.78, 5) is 10.6. The van der Waals surface area contributed by atoms with Gasteiger partial charge in [0.1, 0.15) is 5.82 Å². The normalized spacial score (nSPS) is 12.3. The standard InChI is InChI=1S/C11H11BrN4O2/c1-7(15-11(13)9(12)6-14-15)8-4-2-3-5-10(8)16(17)18/h2-7H,13H2,1H3. The number of halogens is 1. The zero-order valence-corrected chi connectivity index (χ0v) is 11.2. The van der Waals surface area contributed by atoms with Crippen LogP contribution < -0.4 is 5.73 Å². The maximum Gasteiger partial charge on any atom is 0.274 e. The highest BCUT2D eigenvalue weighted by Gasteiger charge is 2.21. The van der Waals surface area contributed by atoms with Crippen molar-refractivity contribution in [1.29, 1.82) is 0 Å². The van der Waals surface area contributed by atoms with Crippen LogP contribution in [0.3, 0.4) is 0 Å². The van der Waals surface area contributed by atoms with E-state index in [4.69, 9.17) is 5.73 Å². The number of anilines is 1. The molecule has 2 rings (SSSR count). The van der Waals surface area contributed by atoms with Gasteiger partial charge in [-0.1, -0.05) is 18.2 Å². The highest BCUT2D eigenvalue weighted by atomic mass is 79.9. The molecular formula is C11H11BrN4O2. The van der Waals surface area contributed by atoms with Crippen LogP contribution in [0.4, 0.5) is 11.5 Å². The summed E-state index contributed by atoms with van der Waals surface area (Å²) >= 11 is 3.26. The van der Waals surface area contributed by atoms with Crippen LogP contribution in [-0.2, 0) is 0 Å². The van der Waals surface area contributed by atoms with Crippen molar-refractivity contribution in [3.8, 4) is 0 Å². The molecule has 1 unspecified atom stereocenters. The quantitative estimate of drug-likeness (QED) is 0.697. The Labute approximate surface area is 112 Å². The molecule has 0 bridgehead atoms. The summed E-state index contributed by atoms with van der Waals surface area (Å²) in [7, 11) is 0. The number of para-hydroxylation sites is 1. The van der Waals surface area contributed by atoms with Crippen LogP contribution >= 0.6 is 15.9 Å². The second kappa shape index (κ2) is 4.77. The first-order valence-electron chi connectivity index (χ1n) is 5.24. The summed E-state index contributed by atoms with van der Waals surface area (Å²) in [5.41, 5.74) is 6.49. The maximum absolute atomic E-state index is 11.0. The molecule has 2 N–H and O–H groups in total. The minimum absolute atomic E-state index is 0.0658. The van der Waals surface area contributed by atoms with E-state index < -0.39 is 4.92 Å². The average Bonchev–Trinajstić information content (AvgIpc) is 2.69. The number of hydrogen-bond donors (Lipinski definition) is 1. The molecule has 0 aliphatic carbocycles. The second-order valence-corrected chi connectivity index (χ2v) is 4.67. The molecule has 0 spiro atoms. The van der Waals surface area contributed by atoms with Gasteiger partial charge in [0.2, 0.25) is 0 Å². The third kappa shape index (κ3) is 2.08. The molecule has 7 heteroatoms. The van der Waals surface area contributed by atoms with Gasteiger partial charge in [0.15, 0.2) is 0 Å². The van der Waals surface area contributed by atoms with Crippen molar-refractivity contribution in [2.45, 2.75) is 13.0 Å². The topological polar surface area (TPSA) is 87.0 Å². The van der Waals surface area contributed by atoms with Gasteiger partial charge in [-0.15, -0.1) is 0 Å². The summed E-state index contributed by atoms with van der Waals surface area (Å²) < 4.78 is 2.22. The highest BCUT2D eigenvalue weighted by Crippen LogP contribution is 2.30. The molecule has 0 fully saturated rings. The third-order valence-electron chi connectivity index (χ3n) is 2.74. The van der Waals surface area contributed by atoms with Gasteiger partial charge in [-0.2, -0.15) is 5.10 Å². The number of nitro groups is 1. The van der Waals surface area contributed by atoms with E-state index >= 15 is 0 Å². The van der Waals surface area contributed by atoms with Gasteiger partial charge in [0, 0.05) is 6.07 Å². The van der Waals surface area contributed by atoms with E-state index in [2.05, 4.69) is 21.0 Å². The van der Waals surface area contributed by atoms with Crippen LogP contribution in [0.5, 0.6) is 0 Å². The number of nitrogen functional groups attached to an aromatic ring is 1. The Morgan fingerprint density at radius 3 is 2.72 bits per heavy atom. The lowest BCUT2D eigenvalue weighted by Gasteiger charge is -2.14. The Hall–Kier alpha value is -1.89. The number of nitro benzene ring substituents is 1. The first-order valence-corrected chi connectivity index (χ1v) is 6.03. The fraction of sp³-hybridized carbons (Fsp3) is 0.182. The fourth-order valence-corrected chi connectivity index (χ4v) is 2.07. The number of rotatable bonds is 3. The van der Waals surface area contributed by atoms with E-state index in [0.29, 0.717) is 15.9 Å². The Bertz CT molecular complexity index is 596. The van der Waals surface area contributed by atoms with Gasteiger partial charge in [-0.25, -0.2) is 4.68 Å². The molecule has 0 aliphatic heterocycles. The van der Waals surface area contributed by atoms with Gasteiger partial charge in [-0.3, -0.25) is 10.1 Å². The maximum atomic E-state index is 11.0. The van der Waals surface area contributed by atoms with Crippen LogP contribution in [0.15, 0.2) is 34.9 Å². The van der Waals surface area contributed by atoms with Gasteiger partial charge in [-0.05, 0) is 22.9 Å². The van der Waals surface area contributed by atoms with E-state index in [9.17, 15) is 10.1 Å². The summed E-state index contributed by atoms with van der Waals surface area (Å²) in [6, 6.07) is 6.26. The van der Waals surface area contributed by atoms with Crippen molar-refractivity contribution in [3.05, 3.63) is 50.6 Å². The minimum atomic E-state index is -0.402. The lowest BCUT2D eigenvalue weighted by Crippen LogP contribution is -2.13. The molecule has 0 saturated heterocycles. The van der Waals surface area contributed by atoms with Crippen molar-refractivity contribution in [2.24, 2.45) is 0 Å². The summed E-state index contributed by atoms with van der Waals surface area (Å²) in [6.07, 6.45) is 1.57. The second-order valence-electron chi connectivity index (χ2n) is 3.81. The van der Waals surface area contributed by atoms with Crippen molar-refractivity contribution >= 4 is 27.4 Å². The fourth-order valence-electron chi connectivity index (χ4n) is 1.80. The molecule has 2 aromatic rings. The lowest BCUT2D eigenvalue weighted by molar-refractivity contribution is -0.385. The van der Waals surface area contributed by atoms with Gasteiger partial charge >= 0.3 is 0 Å². The molecule has 0 amide bonds. The number of nitrogens with two attached hydrogens (primary N) is 1. The molecule has 18 heavy (non-hydrogen) atoms. The third-order valence-corrected chi connectivity index (χ3v) is 3.35. The van der Waals surface area contributed by atoms with Crippen molar-refractivity contribution in [3.63, 3.8) is 0 Å². The monoisotopic (exact) mass is 310 g/mol. The van der Waals surface area contributed by atoms with Crippen LogP contribution in [0.2, 0.25) is 0 Å². The average molecular weight is 311 g/mol. The van der Waals surface area contributed by atoms with Crippen LogP contribution in [0.1, 0.15) is 18.5 Å². The van der Waals surface area contributed by atoms with E-state index in [1.807, 2.05) is 6.92 Å². The highest BCUT2D eigenvalue weighted by molar-refractivity contribution is 9.10. The number of benzene rings is 1. The first kappa shape index (κ1) is 12.6. The zero-order chi connectivity index (χ0) is 13.3. The molecule has 0 radical (unpaired) electrons. The van der Waals surface area contributed by atoms with Crippen molar-refractivity contribution in [1.82, 2.24) is 9.78 Å². The molecule has 1 aromatic carbocycles. The van der Waals surface area contributed by atoms with Gasteiger partial charge in [0.25, 0.3) is 5.69 Å². The molecule has 6 nitrogen and oxygen atoms in total. The molecule has 0 aliphatic rings. The van der Waals surface area contributed by atoms with Crippen molar-refractivity contribution in [2.75, 3.05) is 5.73 Å². The molecular weight excluding hydrogens is 300 g/mol. The van der Waals surface area contributed by atoms with E-state index in [-0.39, 0.29) is 11.7 Å². The Morgan fingerprint density at radius 2 is 2.17 bits per heavy atom. The minimum Gasteiger partial charge on any atom is -0.383 e. The SMILES string of the molecule is CC(c1ccccc1[N+](=O)[O-])n1ncc(Br)c1N. The number of nitrogens with zero attached hydrogens (tertiary/aromatic N) is 3. The Morgan fingerprint density at radius 1 is 1.50 bits per heavy atom. The summed E-state index contributed by atoms with van der Waals surface area (Å²) in [5, 5.41) is 15.1. The van der Waals surface area contributed by atoms with E-state index in [0.717, 1.165) is 0 Å². The van der Waals surface area contributed by atoms with Crippen LogP contribution in [0.25, 0.3) is 0 Å². The number of aromatic nitrogens is 2. The van der Waals surface area contributed by atoms with E-state index in [1.165, 1.54) is 6.07 Å².